The van der Waals surface area contributed by atoms with Gasteiger partial charge in [-0.15, -0.1) is 0 Å². The molecule has 1 fully saturated rings. The molecule has 6 heteroatoms. The van der Waals surface area contributed by atoms with Crippen molar-refractivity contribution >= 4 is 27.6 Å². The molecule has 2 unspecified atom stereocenters. The van der Waals surface area contributed by atoms with Gasteiger partial charge in [-0.05, 0) is 25.0 Å². The minimum Gasteiger partial charge on any atom is -0.440 e. The largest absolute Gasteiger partial charge is 0.440 e. The summed E-state index contributed by atoms with van der Waals surface area (Å²) in [4.78, 5) is 4.31. The zero-order valence-corrected chi connectivity index (χ0v) is 11.3. The second kappa shape index (κ2) is 5.30. The van der Waals surface area contributed by atoms with Crippen molar-refractivity contribution in [3.63, 3.8) is 0 Å². The molecule has 1 aromatic heterocycles. The highest BCUT2D eigenvalue weighted by molar-refractivity contribution is 7.84. The highest BCUT2D eigenvalue weighted by Crippen LogP contribution is 2.20. The SMILES string of the molecule is Nc1ccc2nc(CS(=O)CC3CCCO3)oc2c1. The zero-order valence-electron chi connectivity index (χ0n) is 10.5. The molecule has 1 aromatic carbocycles. The van der Waals surface area contributed by atoms with Crippen LogP contribution in [0.5, 0.6) is 0 Å². The van der Waals surface area contributed by atoms with E-state index in [1.807, 2.05) is 0 Å². The van der Waals surface area contributed by atoms with Crippen LogP contribution >= 0.6 is 0 Å². The Morgan fingerprint density at radius 2 is 2.37 bits per heavy atom. The minimum atomic E-state index is -1.01. The molecule has 5 nitrogen and oxygen atoms in total. The van der Waals surface area contributed by atoms with Gasteiger partial charge in [0.05, 0.1) is 11.9 Å². The normalized spacial score (nSPS) is 20.9. The van der Waals surface area contributed by atoms with Crippen LogP contribution in [0, 0.1) is 0 Å². The van der Waals surface area contributed by atoms with Gasteiger partial charge in [0.1, 0.15) is 11.3 Å². The molecule has 2 N–H and O–H groups in total. The van der Waals surface area contributed by atoms with Crippen LogP contribution in [0.1, 0.15) is 18.7 Å². The van der Waals surface area contributed by atoms with Gasteiger partial charge in [-0.3, -0.25) is 4.21 Å². The molecule has 2 heterocycles. The van der Waals surface area contributed by atoms with Gasteiger partial charge in [-0.2, -0.15) is 0 Å². The molecule has 0 amide bonds. The lowest BCUT2D eigenvalue weighted by atomic mass is 10.3. The topological polar surface area (TPSA) is 78.3 Å². The van der Waals surface area contributed by atoms with Crippen LogP contribution in [0.2, 0.25) is 0 Å². The summed E-state index contributed by atoms with van der Waals surface area (Å²) < 4.78 is 23.1. The third-order valence-corrected chi connectivity index (χ3v) is 4.45. The van der Waals surface area contributed by atoms with E-state index in [1.54, 1.807) is 18.2 Å². The number of aromatic nitrogens is 1. The molecular weight excluding hydrogens is 264 g/mol. The van der Waals surface area contributed by atoms with Crippen molar-refractivity contribution in [2.45, 2.75) is 24.7 Å². The molecule has 1 aliphatic heterocycles. The highest BCUT2D eigenvalue weighted by atomic mass is 32.2. The monoisotopic (exact) mass is 280 g/mol. The Kier molecular flexibility index (Phi) is 3.52. The maximum absolute atomic E-state index is 12.0. The van der Waals surface area contributed by atoms with Gasteiger partial charge >= 0.3 is 0 Å². The van der Waals surface area contributed by atoms with E-state index in [9.17, 15) is 4.21 Å². The number of hydrogen-bond acceptors (Lipinski definition) is 5. The van der Waals surface area contributed by atoms with E-state index in [1.165, 1.54) is 0 Å². The first kappa shape index (κ1) is 12.6. The molecule has 1 aliphatic rings. The first-order chi connectivity index (χ1) is 9.20. The Bertz CT molecular complexity index is 605. The molecule has 19 heavy (non-hydrogen) atoms. The summed E-state index contributed by atoms with van der Waals surface area (Å²) >= 11 is 0. The van der Waals surface area contributed by atoms with Crippen LogP contribution in [0.3, 0.4) is 0 Å². The van der Waals surface area contributed by atoms with Crippen LogP contribution in [-0.4, -0.2) is 27.7 Å². The van der Waals surface area contributed by atoms with E-state index in [0.717, 1.165) is 25.0 Å². The van der Waals surface area contributed by atoms with Gasteiger partial charge in [0.25, 0.3) is 0 Å². The number of benzene rings is 1. The molecule has 0 bridgehead atoms. The molecule has 2 aromatic rings. The van der Waals surface area contributed by atoms with E-state index in [0.29, 0.717) is 28.7 Å². The lowest BCUT2D eigenvalue weighted by Crippen LogP contribution is -2.16. The Balaban J connectivity index is 1.68. The van der Waals surface area contributed by atoms with Crippen molar-refractivity contribution < 1.29 is 13.4 Å². The molecule has 2 atom stereocenters. The summed E-state index contributed by atoms with van der Waals surface area (Å²) in [5.74, 6) is 1.38. The van der Waals surface area contributed by atoms with Crippen molar-refractivity contribution in [1.82, 2.24) is 4.98 Å². The average Bonchev–Trinajstić information content (AvgIpc) is 2.97. The van der Waals surface area contributed by atoms with E-state index in [-0.39, 0.29) is 6.10 Å². The summed E-state index contributed by atoms with van der Waals surface area (Å²) in [5.41, 5.74) is 7.70. The Hall–Kier alpha value is -1.40. The maximum atomic E-state index is 12.0. The van der Waals surface area contributed by atoms with Crippen LogP contribution in [0.25, 0.3) is 11.1 Å². The Morgan fingerprint density at radius 1 is 1.47 bits per heavy atom. The number of nitrogens with two attached hydrogens (primary N) is 1. The number of oxazole rings is 1. The van der Waals surface area contributed by atoms with E-state index >= 15 is 0 Å². The molecule has 1 saturated heterocycles. The maximum Gasteiger partial charge on any atom is 0.208 e. The highest BCUT2D eigenvalue weighted by Gasteiger charge is 2.19. The van der Waals surface area contributed by atoms with Gasteiger partial charge in [0.2, 0.25) is 5.89 Å². The molecule has 102 valence electrons. The van der Waals surface area contributed by atoms with E-state index < -0.39 is 10.8 Å². The van der Waals surface area contributed by atoms with Gasteiger partial charge in [-0.1, -0.05) is 0 Å². The van der Waals surface area contributed by atoms with Crippen LogP contribution in [0.4, 0.5) is 5.69 Å². The minimum absolute atomic E-state index is 0.126. The predicted octanol–water partition coefficient (Wildman–Crippen LogP) is 1.84. The zero-order chi connectivity index (χ0) is 13.2. The number of ether oxygens (including phenoxy) is 1. The lowest BCUT2D eigenvalue weighted by molar-refractivity contribution is 0.128. The summed E-state index contributed by atoms with van der Waals surface area (Å²) in [6, 6.07) is 5.31. The van der Waals surface area contributed by atoms with Crippen LogP contribution in [-0.2, 0) is 21.3 Å². The first-order valence-corrected chi connectivity index (χ1v) is 7.81. The standard InChI is InChI=1S/C13H16N2O3S/c14-9-3-4-11-12(6-9)18-13(15-11)8-19(16)7-10-2-1-5-17-10/h3-4,6,10H,1-2,5,7-8,14H2. The number of hydrogen-bond donors (Lipinski definition) is 1. The fraction of sp³-hybridized carbons (Fsp3) is 0.462. The second-order valence-electron chi connectivity index (χ2n) is 4.72. The molecule has 0 radical (unpaired) electrons. The number of rotatable bonds is 4. The van der Waals surface area contributed by atoms with E-state index in [4.69, 9.17) is 14.9 Å². The quantitative estimate of drug-likeness (QED) is 0.864. The molecule has 0 aliphatic carbocycles. The van der Waals surface area contributed by atoms with Crippen molar-refractivity contribution in [3.05, 3.63) is 24.1 Å². The average molecular weight is 280 g/mol. The third-order valence-electron chi connectivity index (χ3n) is 3.14. The van der Waals surface area contributed by atoms with Gasteiger partial charge in [0.15, 0.2) is 5.58 Å². The Morgan fingerprint density at radius 3 is 3.16 bits per heavy atom. The smallest absolute Gasteiger partial charge is 0.208 e. The summed E-state index contributed by atoms with van der Waals surface area (Å²) in [7, 11) is -1.01. The number of anilines is 1. The Labute approximate surface area is 113 Å². The fourth-order valence-corrected chi connectivity index (χ4v) is 3.42. The molecular formula is C13H16N2O3S. The molecule has 0 saturated carbocycles. The van der Waals surface area contributed by atoms with Crippen molar-refractivity contribution in [2.75, 3.05) is 18.1 Å². The molecule has 3 rings (SSSR count). The first-order valence-electron chi connectivity index (χ1n) is 6.32. The van der Waals surface area contributed by atoms with Crippen LogP contribution < -0.4 is 5.73 Å². The summed E-state index contributed by atoms with van der Waals surface area (Å²) in [6.45, 7) is 0.782. The van der Waals surface area contributed by atoms with Crippen molar-refractivity contribution in [3.8, 4) is 0 Å². The molecule has 0 spiro atoms. The van der Waals surface area contributed by atoms with Crippen molar-refractivity contribution in [1.29, 1.82) is 0 Å². The third kappa shape index (κ3) is 2.96. The number of nitrogen functional groups attached to an aromatic ring is 1. The van der Waals surface area contributed by atoms with E-state index in [2.05, 4.69) is 4.98 Å². The fourth-order valence-electron chi connectivity index (χ4n) is 2.23. The second-order valence-corrected chi connectivity index (χ2v) is 6.22. The predicted molar refractivity (Wildman–Crippen MR) is 74.1 cm³/mol. The van der Waals surface area contributed by atoms with Crippen molar-refractivity contribution in [2.24, 2.45) is 0 Å². The summed E-state index contributed by atoms with van der Waals surface area (Å²) in [6.07, 6.45) is 2.18. The van der Waals surface area contributed by atoms with Gasteiger partial charge in [-0.25, -0.2) is 4.98 Å². The number of nitrogens with zero attached hydrogens (tertiary/aromatic N) is 1. The van der Waals surface area contributed by atoms with Gasteiger partial charge < -0.3 is 14.9 Å². The lowest BCUT2D eigenvalue weighted by Gasteiger charge is -2.07. The summed E-state index contributed by atoms with van der Waals surface area (Å²) in [5, 5.41) is 0. The number of fused-ring (bicyclic) bond motifs is 1. The van der Waals surface area contributed by atoms with Gasteiger partial charge in [0, 0.05) is 29.2 Å². The van der Waals surface area contributed by atoms with Crippen LogP contribution in [0.15, 0.2) is 22.6 Å².